The fourth-order valence-electron chi connectivity index (χ4n) is 1.31. The van der Waals surface area contributed by atoms with Crippen molar-refractivity contribution in [1.29, 1.82) is 0 Å². The van der Waals surface area contributed by atoms with Crippen molar-refractivity contribution in [2.75, 3.05) is 44.2 Å². The molecule has 0 unspecified atom stereocenters. The van der Waals surface area contributed by atoms with E-state index in [9.17, 15) is 0 Å². The zero-order valence-electron chi connectivity index (χ0n) is 8.14. The number of hydrogen-bond donors (Lipinski definition) is 1. The lowest BCUT2D eigenvalue weighted by Gasteiger charge is -2.26. The van der Waals surface area contributed by atoms with Crippen LogP contribution in [0.5, 0.6) is 0 Å². The highest BCUT2D eigenvalue weighted by Crippen LogP contribution is 2.08. The average Bonchev–Trinajstić information content (AvgIpc) is 2.25. The van der Waals surface area contributed by atoms with Crippen molar-refractivity contribution < 1.29 is 0 Å². The van der Waals surface area contributed by atoms with Gasteiger partial charge in [0.15, 0.2) is 0 Å². The molecular weight excluding hydrogens is 239 g/mol. The summed E-state index contributed by atoms with van der Waals surface area (Å²) >= 11 is 13.2. The van der Waals surface area contributed by atoms with E-state index in [1.807, 2.05) is 11.8 Å². The summed E-state index contributed by atoms with van der Waals surface area (Å²) in [5.41, 5.74) is 1.41. The quantitative estimate of drug-likeness (QED) is 0.756. The molecule has 2 nitrogen and oxygen atoms in total. The van der Waals surface area contributed by atoms with Crippen LogP contribution in [0, 0.1) is 0 Å². The van der Waals surface area contributed by atoms with Gasteiger partial charge in [-0.05, 0) is 0 Å². The molecular formula is C9H16Cl2N2S. The Morgan fingerprint density at radius 1 is 1.43 bits per heavy atom. The standard InChI is InChI=1S/C9H16Cl2N2S/c10-7-9(11)8-12-1-2-13-3-5-14-6-4-13/h7,12H,1-6,8H2/b9-7+. The summed E-state index contributed by atoms with van der Waals surface area (Å²) in [6.07, 6.45) is 0. The number of nitrogens with one attached hydrogen (secondary N) is 1. The van der Waals surface area contributed by atoms with Gasteiger partial charge < -0.3 is 10.2 Å². The molecule has 1 N–H and O–H groups in total. The maximum absolute atomic E-state index is 5.74. The molecule has 1 heterocycles. The van der Waals surface area contributed by atoms with E-state index in [0.717, 1.165) is 13.1 Å². The van der Waals surface area contributed by atoms with Gasteiger partial charge in [0.05, 0.1) is 0 Å². The molecule has 0 aliphatic carbocycles. The molecule has 1 rings (SSSR count). The number of thioether (sulfide) groups is 1. The van der Waals surface area contributed by atoms with Crippen LogP contribution in [0.2, 0.25) is 0 Å². The Hall–Kier alpha value is 0.590. The zero-order chi connectivity index (χ0) is 10.2. The van der Waals surface area contributed by atoms with Crippen molar-refractivity contribution in [1.82, 2.24) is 10.2 Å². The van der Waals surface area contributed by atoms with E-state index >= 15 is 0 Å². The Morgan fingerprint density at radius 2 is 2.14 bits per heavy atom. The highest BCUT2D eigenvalue weighted by molar-refractivity contribution is 7.99. The lowest BCUT2D eigenvalue weighted by atomic mass is 10.4. The maximum Gasteiger partial charge on any atom is 0.0431 e. The van der Waals surface area contributed by atoms with Crippen LogP contribution < -0.4 is 5.32 Å². The highest BCUT2D eigenvalue weighted by atomic mass is 35.5. The van der Waals surface area contributed by atoms with E-state index in [-0.39, 0.29) is 0 Å². The van der Waals surface area contributed by atoms with E-state index in [1.165, 1.54) is 30.1 Å². The molecule has 14 heavy (non-hydrogen) atoms. The topological polar surface area (TPSA) is 15.3 Å². The van der Waals surface area contributed by atoms with Crippen molar-refractivity contribution in [3.8, 4) is 0 Å². The molecule has 0 spiro atoms. The Labute approximate surface area is 100 Å². The largest absolute Gasteiger partial charge is 0.310 e. The molecule has 0 aromatic carbocycles. The van der Waals surface area contributed by atoms with E-state index in [2.05, 4.69) is 10.2 Å². The minimum Gasteiger partial charge on any atom is -0.310 e. The molecule has 0 aromatic rings. The zero-order valence-corrected chi connectivity index (χ0v) is 10.5. The molecule has 1 fully saturated rings. The van der Waals surface area contributed by atoms with Crippen molar-refractivity contribution in [2.45, 2.75) is 0 Å². The SMILES string of the molecule is Cl/C=C(/Cl)CNCCN1CCSCC1. The van der Waals surface area contributed by atoms with Gasteiger partial charge in [0, 0.05) is 54.8 Å². The predicted molar refractivity (Wildman–Crippen MR) is 66.4 cm³/mol. The monoisotopic (exact) mass is 254 g/mol. The van der Waals surface area contributed by atoms with Gasteiger partial charge in [-0.2, -0.15) is 11.8 Å². The molecule has 0 amide bonds. The van der Waals surface area contributed by atoms with Gasteiger partial charge in [-0.1, -0.05) is 23.2 Å². The molecule has 1 saturated heterocycles. The van der Waals surface area contributed by atoms with Gasteiger partial charge in [-0.3, -0.25) is 0 Å². The van der Waals surface area contributed by atoms with Gasteiger partial charge in [0.1, 0.15) is 0 Å². The van der Waals surface area contributed by atoms with Crippen LogP contribution in [0.15, 0.2) is 10.6 Å². The van der Waals surface area contributed by atoms with Crippen LogP contribution in [0.1, 0.15) is 0 Å². The molecule has 0 atom stereocenters. The van der Waals surface area contributed by atoms with E-state index in [4.69, 9.17) is 23.2 Å². The molecule has 82 valence electrons. The van der Waals surface area contributed by atoms with Crippen molar-refractivity contribution in [3.63, 3.8) is 0 Å². The Balaban J connectivity index is 1.97. The number of rotatable bonds is 5. The Morgan fingerprint density at radius 3 is 2.79 bits per heavy atom. The van der Waals surface area contributed by atoms with Crippen molar-refractivity contribution in [3.05, 3.63) is 10.6 Å². The maximum atomic E-state index is 5.74. The van der Waals surface area contributed by atoms with Gasteiger partial charge in [-0.15, -0.1) is 0 Å². The van der Waals surface area contributed by atoms with Crippen molar-refractivity contribution in [2.24, 2.45) is 0 Å². The third-order valence-corrected chi connectivity index (χ3v) is 3.68. The van der Waals surface area contributed by atoms with Crippen molar-refractivity contribution >= 4 is 35.0 Å². The molecule has 5 heteroatoms. The molecule has 0 saturated carbocycles. The van der Waals surface area contributed by atoms with Crippen LogP contribution in [0.3, 0.4) is 0 Å². The predicted octanol–water partition coefficient (Wildman–Crippen LogP) is 1.94. The smallest absolute Gasteiger partial charge is 0.0431 e. The molecule has 0 bridgehead atoms. The lowest BCUT2D eigenvalue weighted by Crippen LogP contribution is -2.37. The molecule has 1 aliphatic heterocycles. The second kappa shape index (κ2) is 7.83. The first-order chi connectivity index (χ1) is 6.83. The van der Waals surface area contributed by atoms with E-state index in [1.54, 1.807) is 0 Å². The summed E-state index contributed by atoms with van der Waals surface area (Å²) in [5.74, 6) is 2.53. The average molecular weight is 255 g/mol. The summed E-state index contributed by atoms with van der Waals surface area (Å²) < 4.78 is 0. The Kier molecular flexibility index (Phi) is 7.08. The highest BCUT2D eigenvalue weighted by Gasteiger charge is 2.08. The van der Waals surface area contributed by atoms with Crippen LogP contribution in [0.4, 0.5) is 0 Å². The first-order valence-corrected chi connectivity index (χ1v) is 6.75. The minimum atomic E-state index is 0.667. The number of halogens is 2. The minimum absolute atomic E-state index is 0.667. The fourth-order valence-corrected chi connectivity index (χ4v) is 2.46. The van der Waals surface area contributed by atoms with Gasteiger partial charge in [-0.25, -0.2) is 0 Å². The lowest BCUT2D eigenvalue weighted by molar-refractivity contribution is 0.303. The second-order valence-corrected chi connectivity index (χ2v) is 5.12. The van der Waals surface area contributed by atoms with Crippen LogP contribution in [-0.2, 0) is 0 Å². The van der Waals surface area contributed by atoms with Crippen LogP contribution >= 0.6 is 35.0 Å². The van der Waals surface area contributed by atoms with Gasteiger partial charge in [0.2, 0.25) is 0 Å². The van der Waals surface area contributed by atoms with E-state index in [0.29, 0.717) is 11.6 Å². The van der Waals surface area contributed by atoms with E-state index < -0.39 is 0 Å². The normalized spacial score (nSPS) is 20.0. The number of nitrogens with zero attached hydrogens (tertiary/aromatic N) is 1. The summed E-state index contributed by atoms with van der Waals surface area (Å²) in [6.45, 7) is 5.18. The summed E-state index contributed by atoms with van der Waals surface area (Å²) in [7, 11) is 0. The number of hydrogen-bond acceptors (Lipinski definition) is 3. The molecule has 0 aromatic heterocycles. The summed E-state index contributed by atoms with van der Waals surface area (Å²) in [5, 5.41) is 3.92. The third-order valence-electron chi connectivity index (χ3n) is 2.12. The van der Waals surface area contributed by atoms with Crippen LogP contribution in [0.25, 0.3) is 0 Å². The molecule has 0 radical (unpaired) electrons. The fraction of sp³-hybridized carbons (Fsp3) is 0.778. The Bertz CT molecular complexity index is 182. The van der Waals surface area contributed by atoms with Crippen LogP contribution in [-0.4, -0.2) is 49.1 Å². The van der Waals surface area contributed by atoms with Gasteiger partial charge >= 0.3 is 0 Å². The van der Waals surface area contributed by atoms with Gasteiger partial charge in [0.25, 0.3) is 0 Å². The summed E-state index contributed by atoms with van der Waals surface area (Å²) in [6, 6.07) is 0. The third kappa shape index (κ3) is 5.47. The molecule has 1 aliphatic rings. The summed E-state index contributed by atoms with van der Waals surface area (Å²) in [4.78, 5) is 2.47. The first-order valence-electron chi connectivity index (χ1n) is 4.78. The second-order valence-electron chi connectivity index (χ2n) is 3.19. The first kappa shape index (κ1) is 12.7.